The van der Waals surface area contributed by atoms with Crippen molar-refractivity contribution in [2.24, 2.45) is 5.92 Å². The Balaban J connectivity index is 1.30. The molecule has 1 aromatic carbocycles. The number of aromatic nitrogens is 1. The second-order valence-electron chi connectivity index (χ2n) is 8.39. The van der Waals surface area contributed by atoms with Crippen LogP contribution >= 0.6 is 11.3 Å². The SMILES string of the molecule is O=C(Nc1ccccc1)Nc1ccc2n(c1=O)CC1CC2CN(C(=O)Cc2cccs2)C1. The van der Waals surface area contributed by atoms with E-state index in [2.05, 4.69) is 10.6 Å². The molecule has 3 amide bonds. The number of nitrogens with zero attached hydrogens (tertiary/aromatic N) is 2. The van der Waals surface area contributed by atoms with Gasteiger partial charge in [0.15, 0.2) is 0 Å². The third-order valence-corrected chi connectivity index (χ3v) is 7.02. The van der Waals surface area contributed by atoms with Crippen LogP contribution in [0, 0.1) is 5.92 Å². The Morgan fingerprint density at radius 3 is 2.59 bits per heavy atom. The van der Waals surface area contributed by atoms with Crippen LogP contribution in [0.5, 0.6) is 0 Å². The molecule has 0 radical (unpaired) electrons. The number of hydrogen-bond acceptors (Lipinski definition) is 4. The van der Waals surface area contributed by atoms with Crippen LogP contribution in [0.3, 0.4) is 0 Å². The topological polar surface area (TPSA) is 83.4 Å². The molecule has 4 heterocycles. The normalized spacial score (nSPS) is 19.2. The third kappa shape index (κ3) is 4.18. The molecule has 0 aliphatic carbocycles. The van der Waals surface area contributed by atoms with Crippen LogP contribution in [0.2, 0.25) is 0 Å². The van der Waals surface area contributed by atoms with Crippen molar-refractivity contribution in [2.75, 3.05) is 23.7 Å². The fourth-order valence-corrected chi connectivity index (χ4v) is 5.42. The van der Waals surface area contributed by atoms with Crippen molar-refractivity contribution in [2.45, 2.75) is 25.3 Å². The molecule has 0 saturated carbocycles. The molecular weight excluding hydrogens is 424 g/mol. The van der Waals surface area contributed by atoms with Crippen LogP contribution in [0.4, 0.5) is 16.2 Å². The molecule has 2 aromatic heterocycles. The number of rotatable bonds is 4. The highest BCUT2D eigenvalue weighted by Crippen LogP contribution is 2.35. The van der Waals surface area contributed by atoms with Gasteiger partial charge in [-0.2, -0.15) is 0 Å². The molecule has 2 atom stereocenters. The highest BCUT2D eigenvalue weighted by molar-refractivity contribution is 7.10. The van der Waals surface area contributed by atoms with Gasteiger partial charge in [0, 0.05) is 41.8 Å². The summed E-state index contributed by atoms with van der Waals surface area (Å²) in [6, 6.07) is 16.2. The van der Waals surface area contributed by atoms with Crippen molar-refractivity contribution in [3.8, 4) is 0 Å². The van der Waals surface area contributed by atoms with Gasteiger partial charge >= 0.3 is 6.03 Å². The minimum absolute atomic E-state index is 0.134. The lowest BCUT2D eigenvalue weighted by Gasteiger charge is -2.43. The zero-order valence-electron chi connectivity index (χ0n) is 17.5. The van der Waals surface area contributed by atoms with Gasteiger partial charge in [-0.3, -0.25) is 9.59 Å². The Kier molecular flexibility index (Phi) is 5.53. The minimum atomic E-state index is -0.449. The molecule has 2 bridgehead atoms. The molecule has 1 fully saturated rings. The average Bonchev–Trinajstić information content (AvgIpc) is 3.29. The number of urea groups is 1. The molecule has 5 rings (SSSR count). The number of likely N-dealkylation sites (tertiary alicyclic amines) is 1. The number of nitrogens with one attached hydrogen (secondary N) is 2. The van der Waals surface area contributed by atoms with Gasteiger partial charge in [0.05, 0.1) is 6.42 Å². The molecule has 1 saturated heterocycles. The quantitative estimate of drug-likeness (QED) is 0.638. The predicted molar refractivity (Wildman–Crippen MR) is 125 cm³/mol. The number of benzene rings is 1. The Hall–Kier alpha value is -3.39. The Morgan fingerprint density at radius 2 is 1.81 bits per heavy atom. The minimum Gasteiger partial charge on any atom is -0.341 e. The second kappa shape index (κ2) is 8.63. The van der Waals surface area contributed by atoms with Crippen molar-refractivity contribution in [1.29, 1.82) is 0 Å². The Labute approximate surface area is 189 Å². The van der Waals surface area contributed by atoms with Crippen LogP contribution in [0.1, 0.15) is 22.9 Å². The lowest BCUT2D eigenvalue weighted by Crippen LogP contribution is -2.49. The number of thiophene rings is 1. The summed E-state index contributed by atoms with van der Waals surface area (Å²) < 4.78 is 1.78. The summed E-state index contributed by atoms with van der Waals surface area (Å²) in [6.45, 7) is 1.85. The first-order chi connectivity index (χ1) is 15.6. The number of fused-ring (bicyclic) bond motifs is 4. The van der Waals surface area contributed by atoms with E-state index in [0.717, 1.165) is 17.0 Å². The van der Waals surface area contributed by atoms with Gasteiger partial charge in [0.25, 0.3) is 5.56 Å². The lowest BCUT2D eigenvalue weighted by molar-refractivity contribution is -0.133. The van der Waals surface area contributed by atoms with E-state index in [1.54, 1.807) is 34.1 Å². The van der Waals surface area contributed by atoms with Gasteiger partial charge in [-0.25, -0.2) is 4.79 Å². The molecule has 3 aromatic rings. The first-order valence-corrected chi connectivity index (χ1v) is 11.6. The molecule has 2 aliphatic rings. The van der Waals surface area contributed by atoms with E-state index in [1.807, 2.05) is 46.7 Å². The maximum atomic E-state index is 13.1. The Morgan fingerprint density at radius 1 is 0.969 bits per heavy atom. The van der Waals surface area contributed by atoms with E-state index >= 15 is 0 Å². The van der Waals surface area contributed by atoms with Crippen LogP contribution in [0.15, 0.2) is 64.8 Å². The number of hydrogen-bond donors (Lipinski definition) is 2. The highest BCUT2D eigenvalue weighted by Gasteiger charge is 2.36. The van der Waals surface area contributed by atoms with Gasteiger partial charge < -0.3 is 20.1 Å². The average molecular weight is 449 g/mol. The Bertz CT molecular complexity index is 1190. The van der Waals surface area contributed by atoms with Crippen molar-refractivity contribution >= 4 is 34.6 Å². The van der Waals surface area contributed by atoms with Crippen molar-refractivity contribution in [3.63, 3.8) is 0 Å². The van der Waals surface area contributed by atoms with Gasteiger partial charge in [-0.1, -0.05) is 24.3 Å². The zero-order chi connectivity index (χ0) is 22.1. The molecule has 2 unspecified atom stereocenters. The van der Waals surface area contributed by atoms with E-state index in [0.29, 0.717) is 31.7 Å². The van der Waals surface area contributed by atoms with Crippen molar-refractivity contribution in [3.05, 3.63) is 80.9 Å². The largest absolute Gasteiger partial charge is 0.341 e. The standard InChI is InChI=1S/C24H24N4O3S/c29-22(12-19-7-4-10-32-19)27-13-16-11-17(15-27)21-9-8-20(23(30)28(21)14-16)26-24(31)25-18-5-2-1-3-6-18/h1-10,16-17H,11-15H2,(H2,25,26,31). The first-order valence-electron chi connectivity index (χ1n) is 10.7. The summed E-state index contributed by atoms with van der Waals surface area (Å²) in [5, 5.41) is 7.40. The molecule has 32 heavy (non-hydrogen) atoms. The predicted octanol–water partition coefficient (Wildman–Crippen LogP) is 3.74. The van der Waals surface area contributed by atoms with Crippen LogP contribution in [-0.4, -0.2) is 34.5 Å². The molecule has 164 valence electrons. The maximum absolute atomic E-state index is 13.1. The fraction of sp³-hybridized carbons (Fsp3) is 0.292. The van der Waals surface area contributed by atoms with Gasteiger partial charge in [0.2, 0.25) is 5.91 Å². The number of piperidine rings is 1. The number of pyridine rings is 1. The van der Waals surface area contributed by atoms with E-state index in [4.69, 9.17) is 0 Å². The fourth-order valence-electron chi connectivity index (χ4n) is 4.72. The maximum Gasteiger partial charge on any atom is 0.323 e. The monoisotopic (exact) mass is 448 g/mol. The molecule has 2 N–H and O–H groups in total. The number of carbonyl (C=O) groups excluding carboxylic acids is 2. The first kappa shape index (κ1) is 20.5. The van der Waals surface area contributed by atoms with E-state index in [1.165, 1.54) is 0 Å². The number of anilines is 2. The summed E-state index contributed by atoms with van der Waals surface area (Å²) in [5.41, 5.74) is 1.66. The number of carbonyl (C=O) groups is 2. The summed E-state index contributed by atoms with van der Waals surface area (Å²) >= 11 is 1.60. The molecule has 2 aliphatic heterocycles. The zero-order valence-corrected chi connectivity index (χ0v) is 18.3. The lowest BCUT2D eigenvalue weighted by atomic mass is 9.83. The van der Waals surface area contributed by atoms with Crippen LogP contribution < -0.4 is 16.2 Å². The number of para-hydroxylation sites is 1. The van der Waals surface area contributed by atoms with Crippen molar-refractivity contribution in [1.82, 2.24) is 9.47 Å². The summed E-state index contributed by atoms with van der Waals surface area (Å²) in [5.74, 6) is 0.517. The van der Waals surface area contributed by atoms with E-state index in [9.17, 15) is 14.4 Å². The molecule has 0 spiro atoms. The van der Waals surface area contributed by atoms with Crippen LogP contribution in [-0.2, 0) is 17.8 Å². The summed E-state index contributed by atoms with van der Waals surface area (Å²) in [7, 11) is 0. The van der Waals surface area contributed by atoms with E-state index in [-0.39, 0.29) is 29.0 Å². The van der Waals surface area contributed by atoms with Gasteiger partial charge in [-0.05, 0) is 48.1 Å². The van der Waals surface area contributed by atoms with Gasteiger partial charge in [0.1, 0.15) is 5.69 Å². The summed E-state index contributed by atoms with van der Waals surface area (Å²) in [4.78, 5) is 41.3. The highest BCUT2D eigenvalue weighted by atomic mass is 32.1. The second-order valence-corrected chi connectivity index (χ2v) is 9.42. The van der Waals surface area contributed by atoms with Crippen molar-refractivity contribution < 1.29 is 9.59 Å². The molecule has 8 heteroatoms. The molecular formula is C24H24N4O3S. The molecule has 7 nitrogen and oxygen atoms in total. The van der Waals surface area contributed by atoms with E-state index < -0.39 is 6.03 Å². The summed E-state index contributed by atoms with van der Waals surface area (Å²) in [6.07, 6.45) is 1.41. The van der Waals surface area contributed by atoms with Gasteiger partial charge in [-0.15, -0.1) is 11.3 Å². The third-order valence-electron chi connectivity index (χ3n) is 6.14. The number of amides is 3. The van der Waals surface area contributed by atoms with Crippen LogP contribution in [0.25, 0.3) is 0 Å². The smallest absolute Gasteiger partial charge is 0.323 e.